The highest BCUT2D eigenvalue weighted by atomic mass is 16.4. The van der Waals surface area contributed by atoms with E-state index in [-0.39, 0.29) is 6.54 Å². The van der Waals surface area contributed by atoms with Crippen LogP contribution in [-0.2, 0) is 4.79 Å². The van der Waals surface area contributed by atoms with Gasteiger partial charge in [0.2, 0.25) is 0 Å². The van der Waals surface area contributed by atoms with Crippen LogP contribution >= 0.6 is 0 Å². The number of nitrogens with zero attached hydrogens (tertiary/aromatic N) is 1. The molecule has 1 heterocycles. The Morgan fingerprint density at radius 1 is 1.69 bits per heavy atom. The molecule has 1 saturated heterocycles. The first kappa shape index (κ1) is 10.5. The summed E-state index contributed by atoms with van der Waals surface area (Å²) in [4.78, 5) is 12.6. The molecule has 0 unspecified atom stereocenters. The van der Waals surface area contributed by atoms with Gasteiger partial charge < -0.3 is 10.4 Å². The number of rotatable bonds is 3. The summed E-state index contributed by atoms with van der Waals surface area (Å²) in [5.41, 5.74) is 0. The molecule has 13 heavy (non-hydrogen) atoms. The topological polar surface area (TPSA) is 52.6 Å². The molecule has 1 fully saturated rings. The van der Waals surface area contributed by atoms with Gasteiger partial charge in [0, 0.05) is 25.2 Å². The van der Waals surface area contributed by atoms with Gasteiger partial charge in [0.05, 0.1) is 6.54 Å². The van der Waals surface area contributed by atoms with Gasteiger partial charge in [-0.25, -0.2) is 0 Å². The van der Waals surface area contributed by atoms with Gasteiger partial charge in [0.1, 0.15) is 0 Å². The number of carboxylic acid groups (broad SMARTS) is 1. The molecule has 0 amide bonds. The number of piperazine rings is 1. The summed E-state index contributed by atoms with van der Waals surface area (Å²) < 4.78 is 0. The van der Waals surface area contributed by atoms with Crippen LogP contribution < -0.4 is 5.32 Å². The van der Waals surface area contributed by atoms with Crippen molar-refractivity contribution in [3.8, 4) is 0 Å². The summed E-state index contributed by atoms with van der Waals surface area (Å²) in [5.74, 6) is -0.729. The summed E-state index contributed by atoms with van der Waals surface area (Å²) >= 11 is 0. The second-order valence-electron chi connectivity index (χ2n) is 3.69. The van der Waals surface area contributed by atoms with E-state index >= 15 is 0 Å². The van der Waals surface area contributed by atoms with Gasteiger partial charge in [-0.3, -0.25) is 9.69 Å². The lowest BCUT2D eigenvalue weighted by Gasteiger charge is -2.37. The van der Waals surface area contributed by atoms with Crippen LogP contribution in [-0.4, -0.2) is 47.7 Å². The van der Waals surface area contributed by atoms with Crippen molar-refractivity contribution in [1.29, 1.82) is 0 Å². The van der Waals surface area contributed by atoms with E-state index in [2.05, 4.69) is 19.2 Å². The largest absolute Gasteiger partial charge is 0.480 e. The van der Waals surface area contributed by atoms with Crippen LogP contribution in [0.2, 0.25) is 0 Å². The molecule has 2 N–H and O–H groups in total. The van der Waals surface area contributed by atoms with Crippen LogP contribution in [0.25, 0.3) is 0 Å². The minimum atomic E-state index is -0.729. The number of aliphatic carboxylic acids is 1. The second-order valence-corrected chi connectivity index (χ2v) is 3.69. The monoisotopic (exact) mass is 186 g/mol. The fraction of sp³-hybridized carbons (Fsp3) is 0.889. The van der Waals surface area contributed by atoms with E-state index in [0.717, 1.165) is 19.5 Å². The maximum atomic E-state index is 10.6. The molecular weight excluding hydrogens is 168 g/mol. The summed E-state index contributed by atoms with van der Waals surface area (Å²) in [6, 6.07) is 0.787. The van der Waals surface area contributed by atoms with Gasteiger partial charge in [0.15, 0.2) is 0 Å². The molecule has 0 saturated carbocycles. The highest BCUT2D eigenvalue weighted by Crippen LogP contribution is 2.09. The fourth-order valence-electron chi connectivity index (χ4n) is 1.80. The number of hydrogen-bond donors (Lipinski definition) is 2. The average Bonchev–Trinajstić information content (AvgIpc) is 2.03. The average molecular weight is 186 g/mol. The smallest absolute Gasteiger partial charge is 0.317 e. The van der Waals surface area contributed by atoms with Crippen molar-refractivity contribution in [1.82, 2.24) is 10.2 Å². The van der Waals surface area contributed by atoms with Gasteiger partial charge in [-0.05, 0) is 13.3 Å². The molecule has 0 bridgehead atoms. The molecule has 0 radical (unpaired) electrons. The van der Waals surface area contributed by atoms with Crippen molar-refractivity contribution in [2.24, 2.45) is 0 Å². The van der Waals surface area contributed by atoms with Gasteiger partial charge in [-0.15, -0.1) is 0 Å². The van der Waals surface area contributed by atoms with E-state index < -0.39 is 5.97 Å². The van der Waals surface area contributed by atoms with E-state index in [9.17, 15) is 4.79 Å². The first-order valence-corrected chi connectivity index (χ1v) is 4.82. The van der Waals surface area contributed by atoms with Crippen molar-refractivity contribution in [3.63, 3.8) is 0 Å². The fourth-order valence-corrected chi connectivity index (χ4v) is 1.80. The van der Waals surface area contributed by atoms with E-state index in [1.807, 2.05) is 4.90 Å². The Labute approximate surface area is 78.9 Å². The molecule has 1 aliphatic rings. The van der Waals surface area contributed by atoms with E-state index in [1.165, 1.54) is 0 Å². The zero-order valence-corrected chi connectivity index (χ0v) is 8.29. The molecular formula is C9H18N2O2. The van der Waals surface area contributed by atoms with E-state index in [0.29, 0.717) is 12.1 Å². The molecule has 0 aromatic carbocycles. The molecule has 1 aliphatic heterocycles. The Morgan fingerprint density at radius 2 is 2.38 bits per heavy atom. The van der Waals surface area contributed by atoms with Crippen LogP contribution in [0.4, 0.5) is 0 Å². The molecule has 0 spiro atoms. The highest BCUT2D eigenvalue weighted by molar-refractivity contribution is 5.69. The predicted octanol–water partition coefficient (Wildman–Crippen LogP) is 0.143. The molecule has 4 heteroatoms. The van der Waals surface area contributed by atoms with Gasteiger partial charge in [-0.1, -0.05) is 6.92 Å². The van der Waals surface area contributed by atoms with Crippen molar-refractivity contribution in [2.75, 3.05) is 19.6 Å². The molecule has 76 valence electrons. The van der Waals surface area contributed by atoms with Gasteiger partial charge in [-0.2, -0.15) is 0 Å². The lowest BCUT2D eigenvalue weighted by Crippen LogP contribution is -2.56. The Bertz CT molecular complexity index is 184. The Morgan fingerprint density at radius 3 is 2.92 bits per heavy atom. The first-order valence-electron chi connectivity index (χ1n) is 4.82. The van der Waals surface area contributed by atoms with Crippen LogP contribution in [0.3, 0.4) is 0 Å². The molecule has 1 rings (SSSR count). The molecule has 0 aromatic rings. The third-order valence-electron chi connectivity index (χ3n) is 2.54. The SMILES string of the molecule is CC[C@H]1CN[C@H](C)CN1CC(=O)O. The van der Waals surface area contributed by atoms with Gasteiger partial charge >= 0.3 is 5.97 Å². The molecule has 4 nitrogen and oxygen atoms in total. The van der Waals surface area contributed by atoms with Crippen molar-refractivity contribution in [3.05, 3.63) is 0 Å². The van der Waals surface area contributed by atoms with Crippen molar-refractivity contribution in [2.45, 2.75) is 32.4 Å². The number of carbonyl (C=O) groups is 1. The number of hydrogen-bond acceptors (Lipinski definition) is 3. The van der Waals surface area contributed by atoms with Crippen LogP contribution in [0.5, 0.6) is 0 Å². The lowest BCUT2D eigenvalue weighted by molar-refractivity contribution is -0.139. The predicted molar refractivity (Wildman–Crippen MR) is 50.8 cm³/mol. The zero-order valence-electron chi connectivity index (χ0n) is 8.29. The van der Waals surface area contributed by atoms with Gasteiger partial charge in [0.25, 0.3) is 0 Å². The third kappa shape index (κ3) is 2.97. The Hall–Kier alpha value is -0.610. The Kier molecular flexibility index (Phi) is 3.69. The van der Waals surface area contributed by atoms with E-state index in [1.54, 1.807) is 0 Å². The van der Waals surface area contributed by atoms with Crippen molar-refractivity contribution < 1.29 is 9.90 Å². The van der Waals surface area contributed by atoms with Crippen LogP contribution in [0, 0.1) is 0 Å². The summed E-state index contributed by atoms with van der Waals surface area (Å²) in [7, 11) is 0. The van der Waals surface area contributed by atoms with Crippen molar-refractivity contribution >= 4 is 5.97 Å². The summed E-state index contributed by atoms with van der Waals surface area (Å²) in [6.07, 6.45) is 1.01. The second kappa shape index (κ2) is 4.58. The normalized spacial score (nSPS) is 30.3. The standard InChI is InChI=1S/C9H18N2O2/c1-3-8-4-10-7(2)5-11(8)6-9(12)13/h7-8,10H,3-6H2,1-2H3,(H,12,13)/t7-,8+/m1/s1. The highest BCUT2D eigenvalue weighted by Gasteiger charge is 2.25. The summed E-state index contributed by atoms with van der Waals surface area (Å²) in [6.45, 7) is 6.10. The maximum absolute atomic E-state index is 10.6. The summed E-state index contributed by atoms with van der Waals surface area (Å²) in [5, 5.41) is 12.1. The quantitative estimate of drug-likeness (QED) is 0.658. The third-order valence-corrected chi connectivity index (χ3v) is 2.54. The molecule has 0 aliphatic carbocycles. The lowest BCUT2D eigenvalue weighted by atomic mass is 10.1. The maximum Gasteiger partial charge on any atom is 0.317 e. The van der Waals surface area contributed by atoms with Crippen LogP contribution in [0.15, 0.2) is 0 Å². The number of carboxylic acids is 1. The molecule has 0 aromatic heterocycles. The minimum Gasteiger partial charge on any atom is -0.480 e. The Balaban J connectivity index is 2.49. The first-order chi connectivity index (χ1) is 6.13. The minimum absolute atomic E-state index is 0.171. The number of nitrogens with one attached hydrogen (secondary N) is 1. The molecule has 2 atom stereocenters. The van der Waals surface area contributed by atoms with Crippen LogP contribution in [0.1, 0.15) is 20.3 Å². The van der Waals surface area contributed by atoms with E-state index in [4.69, 9.17) is 5.11 Å². The zero-order chi connectivity index (χ0) is 9.84.